The van der Waals surface area contributed by atoms with Crippen LogP contribution in [-0.4, -0.2) is 63.8 Å². The Bertz CT molecular complexity index is 739. The van der Waals surface area contributed by atoms with Gasteiger partial charge in [0.05, 0.1) is 30.7 Å². The van der Waals surface area contributed by atoms with E-state index in [1.165, 1.54) is 0 Å². The lowest BCUT2D eigenvalue weighted by Gasteiger charge is -2.15. The van der Waals surface area contributed by atoms with Gasteiger partial charge in [0.25, 0.3) is 0 Å². The Morgan fingerprint density at radius 1 is 1.29 bits per heavy atom. The second-order valence-electron chi connectivity index (χ2n) is 6.58. The zero-order valence-corrected chi connectivity index (χ0v) is 14.1. The summed E-state index contributed by atoms with van der Waals surface area (Å²) in [7, 11) is 1.83. The minimum atomic E-state index is 0.0434. The van der Waals surface area contributed by atoms with Crippen LogP contribution in [0.5, 0.6) is 0 Å². The van der Waals surface area contributed by atoms with Crippen molar-refractivity contribution in [3.63, 3.8) is 0 Å². The average molecular weight is 330 g/mol. The number of oxazole rings is 1. The van der Waals surface area contributed by atoms with Gasteiger partial charge in [-0.05, 0) is 13.3 Å². The highest BCUT2D eigenvalue weighted by molar-refractivity contribution is 5.93. The maximum atomic E-state index is 12.1. The molecule has 2 aliphatic heterocycles. The number of aromatic nitrogens is 3. The highest BCUT2D eigenvalue weighted by atomic mass is 16.4. The number of likely N-dealkylation sites (N-methyl/N-ethyl adjacent to an activating group) is 1. The van der Waals surface area contributed by atoms with Crippen LogP contribution in [0.1, 0.15) is 24.1 Å². The smallest absolute Gasteiger partial charge is 0.324 e. The fourth-order valence-corrected chi connectivity index (χ4v) is 3.39. The molecule has 4 rings (SSSR count). The summed E-state index contributed by atoms with van der Waals surface area (Å²) in [5, 5.41) is 4.49. The van der Waals surface area contributed by atoms with Gasteiger partial charge in [0, 0.05) is 39.4 Å². The lowest BCUT2D eigenvalue weighted by molar-refractivity contribution is 0.229. The Morgan fingerprint density at radius 2 is 2.17 bits per heavy atom. The van der Waals surface area contributed by atoms with E-state index in [0.29, 0.717) is 6.04 Å². The average Bonchev–Trinajstić information content (AvgIpc) is 3.31. The second-order valence-corrected chi connectivity index (χ2v) is 6.58. The molecular weight excluding hydrogens is 308 g/mol. The molecule has 2 aromatic rings. The van der Waals surface area contributed by atoms with Crippen LogP contribution in [-0.2, 0) is 6.54 Å². The van der Waals surface area contributed by atoms with Crippen LogP contribution < -0.4 is 4.90 Å². The Morgan fingerprint density at radius 3 is 2.88 bits per heavy atom. The third-order valence-corrected chi connectivity index (χ3v) is 4.77. The Labute approximate surface area is 140 Å². The van der Waals surface area contributed by atoms with Gasteiger partial charge >= 0.3 is 6.03 Å². The van der Waals surface area contributed by atoms with Crippen LogP contribution in [0.4, 0.5) is 10.5 Å². The van der Waals surface area contributed by atoms with Gasteiger partial charge in [0.15, 0.2) is 0 Å². The number of rotatable bonds is 4. The molecule has 0 N–H and O–H groups in total. The number of hydrogen-bond acceptors (Lipinski definition) is 5. The molecule has 8 nitrogen and oxygen atoms in total. The molecule has 8 heteroatoms. The molecule has 2 amide bonds. The van der Waals surface area contributed by atoms with Crippen molar-refractivity contribution in [2.24, 2.45) is 0 Å². The van der Waals surface area contributed by atoms with Crippen LogP contribution in [0.25, 0.3) is 0 Å². The number of aryl methyl sites for hydroxylation is 1. The summed E-state index contributed by atoms with van der Waals surface area (Å²) in [5.41, 5.74) is 0.881. The molecule has 2 fully saturated rings. The molecule has 0 spiro atoms. The summed E-state index contributed by atoms with van der Waals surface area (Å²) >= 11 is 0. The summed E-state index contributed by atoms with van der Waals surface area (Å²) < 4.78 is 7.54. The zero-order chi connectivity index (χ0) is 16.7. The van der Waals surface area contributed by atoms with Gasteiger partial charge in [-0.3, -0.25) is 14.5 Å². The number of hydrogen-bond donors (Lipinski definition) is 0. The minimum absolute atomic E-state index is 0.0434. The van der Waals surface area contributed by atoms with Crippen LogP contribution in [0, 0.1) is 6.92 Å². The Kier molecular flexibility index (Phi) is 3.76. The van der Waals surface area contributed by atoms with Gasteiger partial charge in [-0.1, -0.05) is 0 Å². The first-order valence-corrected chi connectivity index (χ1v) is 8.30. The van der Waals surface area contributed by atoms with E-state index in [1.807, 2.05) is 24.9 Å². The monoisotopic (exact) mass is 330 g/mol. The summed E-state index contributed by atoms with van der Waals surface area (Å²) in [6, 6.07) is 0.368. The molecular formula is C16H22N6O2. The molecule has 0 radical (unpaired) electrons. The molecule has 0 saturated carbocycles. The molecule has 128 valence electrons. The van der Waals surface area contributed by atoms with E-state index in [1.54, 1.807) is 22.2 Å². The number of likely N-dealkylation sites (tertiary alicyclic amines) is 1. The van der Waals surface area contributed by atoms with Crippen molar-refractivity contribution in [3.8, 4) is 0 Å². The first-order valence-electron chi connectivity index (χ1n) is 8.30. The van der Waals surface area contributed by atoms with Gasteiger partial charge in [-0.25, -0.2) is 9.78 Å². The van der Waals surface area contributed by atoms with E-state index < -0.39 is 0 Å². The number of urea groups is 1. The molecule has 0 bridgehead atoms. The molecule has 1 atom stereocenters. The Balaban J connectivity index is 1.40. The van der Waals surface area contributed by atoms with Crippen LogP contribution in [0.2, 0.25) is 0 Å². The Hall–Kier alpha value is -2.35. The SMILES string of the molecule is Cc1cnc(CN2CCC(n3cc(N4CCN(C)C4=O)cn3)C2)o1. The number of carbonyl (C=O) groups is 1. The number of carbonyl (C=O) groups excluding carboxylic acids is 1. The zero-order valence-electron chi connectivity index (χ0n) is 14.1. The maximum Gasteiger partial charge on any atom is 0.324 e. The predicted octanol–water partition coefficient (Wildman–Crippen LogP) is 1.50. The first-order chi connectivity index (χ1) is 11.6. The molecule has 0 aliphatic carbocycles. The predicted molar refractivity (Wildman–Crippen MR) is 87.8 cm³/mol. The van der Waals surface area contributed by atoms with Crippen molar-refractivity contribution in [3.05, 3.63) is 30.2 Å². The molecule has 2 saturated heterocycles. The summed E-state index contributed by atoms with van der Waals surface area (Å²) in [4.78, 5) is 22.2. The quantitative estimate of drug-likeness (QED) is 0.849. The van der Waals surface area contributed by atoms with Crippen molar-refractivity contribution >= 4 is 11.7 Å². The van der Waals surface area contributed by atoms with Gasteiger partial charge in [0.1, 0.15) is 5.76 Å². The summed E-state index contributed by atoms with van der Waals surface area (Å²) in [6.07, 6.45) is 6.57. The topological polar surface area (TPSA) is 70.6 Å². The first kappa shape index (κ1) is 15.2. The fraction of sp³-hybridized carbons (Fsp3) is 0.562. The molecule has 2 aliphatic rings. The minimum Gasteiger partial charge on any atom is -0.445 e. The highest BCUT2D eigenvalue weighted by Crippen LogP contribution is 2.26. The molecule has 2 aromatic heterocycles. The van der Waals surface area contributed by atoms with E-state index in [4.69, 9.17) is 4.42 Å². The second kappa shape index (κ2) is 5.94. The van der Waals surface area contributed by atoms with E-state index in [0.717, 1.165) is 56.5 Å². The largest absolute Gasteiger partial charge is 0.445 e. The number of nitrogens with zero attached hydrogens (tertiary/aromatic N) is 6. The molecule has 4 heterocycles. The third-order valence-electron chi connectivity index (χ3n) is 4.77. The van der Waals surface area contributed by atoms with Crippen LogP contribution >= 0.6 is 0 Å². The molecule has 0 aromatic carbocycles. The standard InChI is InChI=1S/C16H22N6O2/c1-12-7-17-15(24-12)11-20-4-3-13(9-20)22-10-14(8-18-22)21-6-5-19(2)16(21)23/h7-8,10,13H,3-6,9,11H2,1-2H3. The highest BCUT2D eigenvalue weighted by Gasteiger charge is 2.29. The van der Waals surface area contributed by atoms with E-state index in [2.05, 4.69) is 15.0 Å². The molecule has 1 unspecified atom stereocenters. The van der Waals surface area contributed by atoms with Gasteiger partial charge in [-0.2, -0.15) is 5.10 Å². The lowest BCUT2D eigenvalue weighted by Crippen LogP contribution is -2.28. The normalized spacial score (nSPS) is 22.1. The maximum absolute atomic E-state index is 12.1. The van der Waals surface area contributed by atoms with E-state index >= 15 is 0 Å². The lowest BCUT2D eigenvalue weighted by atomic mass is 10.3. The number of anilines is 1. The van der Waals surface area contributed by atoms with Crippen molar-refractivity contribution < 1.29 is 9.21 Å². The number of amides is 2. The fourth-order valence-electron chi connectivity index (χ4n) is 3.39. The van der Waals surface area contributed by atoms with Gasteiger partial charge in [0.2, 0.25) is 5.89 Å². The van der Waals surface area contributed by atoms with E-state index in [9.17, 15) is 4.79 Å². The van der Waals surface area contributed by atoms with Crippen molar-refractivity contribution in [1.82, 2.24) is 24.6 Å². The molecule has 24 heavy (non-hydrogen) atoms. The van der Waals surface area contributed by atoms with Crippen molar-refractivity contribution in [2.45, 2.75) is 25.9 Å². The third kappa shape index (κ3) is 2.77. The summed E-state index contributed by atoms with van der Waals surface area (Å²) in [5.74, 6) is 1.61. The van der Waals surface area contributed by atoms with Crippen molar-refractivity contribution in [1.29, 1.82) is 0 Å². The van der Waals surface area contributed by atoms with Crippen LogP contribution in [0.15, 0.2) is 23.0 Å². The summed E-state index contributed by atoms with van der Waals surface area (Å²) in [6.45, 7) is 6.03. The van der Waals surface area contributed by atoms with Gasteiger partial charge in [-0.15, -0.1) is 0 Å². The van der Waals surface area contributed by atoms with Crippen molar-refractivity contribution in [2.75, 3.05) is 38.1 Å². The van der Waals surface area contributed by atoms with Crippen LogP contribution in [0.3, 0.4) is 0 Å². The van der Waals surface area contributed by atoms with E-state index in [-0.39, 0.29) is 6.03 Å². The van der Waals surface area contributed by atoms with Gasteiger partial charge < -0.3 is 9.32 Å².